The van der Waals surface area contributed by atoms with Crippen molar-refractivity contribution < 1.29 is 67.4 Å². The lowest BCUT2D eigenvalue weighted by molar-refractivity contribution is -0.525. The predicted molar refractivity (Wildman–Crippen MR) is 266 cm³/mol. The van der Waals surface area contributed by atoms with Crippen molar-refractivity contribution in [1.29, 1.82) is 0 Å². The number of hydrogen-bond donors (Lipinski definition) is 8. The van der Waals surface area contributed by atoms with Gasteiger partial charge in [0.05, 0.1) is 36.5 Å². The van der Waals surface area contributed by atoms with Crippen molar-refractivity contribution in [3.05, 3.63) is 20.2 Å². The average molecular weight is 1060 g/mol. The molecule has 0 rings (SSSR count). The van der Waals surface area contributed by atoms with Gasteiger partial charge in [-0.05, 0) is 63.2 Å². The summed E-state index contributed by atoms with van der Waals surface area (Å²) >= 11 is 0. The highest BCUT2D eigenvalue weighted by molar-refractivity contribution is 6.02. The largest absolute Gasteiger partial charge is 0.428 e. The van der Waals surface area contributed by atoms with Crippen LogP contribution in [0.5, 0.6) is 0 Å². The maximum atomic E-state index is 13.4. The van der Waals surface area contributed by atoms with Gasteiger partial charge in [0.25, 0.3) is 11.9 Å². The quantitative estimate of drug-likeness (QED) is 0.00598. The molecule has 0 heterocycles. The number of guanidine groups is 4. The van der Waals surface area contributed by atoms with E-state index in [1.165, 1.54) is 0 Å². The Morgan fingerprint density at radius 1 is 0.486 bits per heavy atom. The molecule has 30 nitrogen and oxygen atoms in total. The summed E-state index contributed by atoms with van der Waals surface area (Å²) in [6.07, 6.45) is -1.39. The summed E-state index contributed by atoms with van der Waals surface area (Å²) in [6, 6.07) is 0. The molecule has 30 heteroatoms. The van der Waals surface area contributed by atoms with Crippen LogP contribution in [-0.4, -0.2) is 121 Å². The average Bonchev–Trinajstić information content (AvgIpc) is 3.26. The molecule has 74 heavy (non-hydrogen) atoms. The first kappa shape index (κ1) is 66.4. The Morgan fingerprint density at radius 2 is 0.784 bits per heavy atom. The van der Waals surface area contributed by atoms with Gasteiger partial charge in [0.2, 0.25) is 13.6 Å². The molecule has 0 radical (unpaired) electrons. The normalized spacial score (nSPS) is 13.4. The van der Waals surface area contributed by atoms with Gasteiger partial charge in [-0.15, -0.1) is 0 Å². The lowest BCUT2D eigenvalue weighted by Crippen LogP contribution is -2.36. The van der Waals surface area contributed by atoms with Crippen LogP contribution in [0.25, 0.3) is 0 Å². The number of aliphatic imine (C=N–C) groups is 4. The molecule has 14 N–H and O–H groups in total. The second-order valence-electron chi connectivity index (χ2n) is 19.4. The molecule has 0 aromatic carbocycles. The van der Waals surface area contributed by atoms with Gasteiger partial charge in [-0.2, -0.15) is 0 Å². The summed E-state index contributed by atoms with van der Waals surface area (Å²) in [4.78, 5) is 142. The molecule has 0 fully saturated rings. The molecule has 0 saturated carbocycles. The molecule has 0 amide bonds. The molecule has 0 aromatic rings. The maximum absolute atomic E-state index is 13.4. The first-order valence-corrected chi connectivity index (χ1v) is 23.7. The van der Waals surface area contributed by atoms with E-state index in [2.05, 4.69) is 20.0 Å². The van der Waals surface area contributed by atoms with Crippen molar-refractivity contribution in [3.63, 3.8) is 0 Å². The Bertz CT molecular complexity index is 2040. The lowest BCUT2D eigenvalue weighted by Gasteiger charge is -2.24. The molecule has 0 aliphatic rings. The Morgan fingerprint density at radius 3 is 1.08 bits per heavy atom. The monoisotopic (exact) mass is 1060 g/mol. The number of nitrogens with zero attached hydrogens (tertiary/aromatic N) is 6. The molecule has 4 unspecified atom stereocenters. The summed E-state index contributed by atoms with van der Waals surface area (Å²) in [7, 11) is 0. The Hall–Kier alpha value is -7.56. The second-order valence-corrected chi connectivity index (χ2v) is 19.4. The van der Waals surface area contributed by atoms with E-state index >= 15 is 0 Å². The van der Waals surface area contributed by atoms with Crippen LogP contribution in [0.3, 0.4) is 0 Å². The van der Waals surface area contributed by atoms with Crippen molar-refractivity contribution >= 4 is 70.8 Å². The third-order valence-electron chi connectivity index (χ3n) is 10.4. The summed E-state index contributed by atoms with van der Waals surface area (Å²) in [5, 5.41) is 19.5. The Kier molecular flexibility index (Phi) is 31.2. The van der Waals surface area contributed by atoms with E-state index in [0.717, 1.165) is 0 Å². The number of carbonyl (C=O) groups is 8. The minimum absolute atomic E-state index is 0.0313. The number of rotatable bonds is 37. The fourth-order valence-corrected chi connectivity index (χ4v) is 6.84. The Labute approximate surface area is 428 Å². The van der Waals surface area contributed by atoms with E-state index in [-0.39, 0.29) is 107 Å². The van der Waals surface area contributed by atoms with Crippen LogP contribution in [0.4, 0.5) is 0 Å². The molecule has 418 valence electrons. The van der Waals surface area contributed by atoms with Gasteiger partial charge in [0.1, 0.15) is 23.1 Å². The molecule has 4 atom stereocenters. The van der Waals surface area contributed by atoms with Gasteiger partial charge in [-0.3, -0.25) is 48.3 Å². The number of ether oxygens (including phenoxy) is 4. The molecular formula is C44H76N14O16. The first-order valence-electron chi connectivity index (χ1n) is 23.7. The zero-order chi connectivity index (χ0) is 56.6. The topological polar surface area (TPSA) is 489 Å². The van der Waals surface area contributed by atoms with E-state index in [4.69, 9.17) is 53.3 Å². The number of ketones is 4. The molecule has 0 aromatic heterocycles. The van der Waals surface area contributed by atoms with Crippen LogP contribution >= 0.6 is 0 Å². The highest BCUT2D eigenvalue weighted by Crippen LogP contribution is 2.29. The lowest BCUT2D eigenvalue weighted by atomic mass is 9.83. The number of carbonyl (C=O) groups excluding carboxylic acids is 8. The van der Waals surface area contributed by atoms with Crippen LogP contribution in [-0.2, 0) is 57.3 Å². The highest BCUT2D eigenvalue weighted by atomic mass is 16.7. The van der Waals surface area contributed by atoms with Crippen molar-refractivity contribution in [2.75, 3.05) is 39.8 Å². The summed E-state index contributed by atoms with van der Waals surface area (Å²) in [6.45, 7) is 8.92. The second kappa shape index (κ2) is 34.7. The predicted octanol–water partition coefficient (Wildman–Crippen LogP) is 0.108. The van der Waals surface area contributed by atoms with Crippen LogP contribution in [0.15, 0.2) is 20.0 Å². The van der Waals surface area contributed by atoms with Crippen molar-refractivity contribution in [2.45, 2.75) is 131 Å². The molecule has 0 aliphatic carbocycles. The number of nitrogens with two attached hydrogens (primary N) is 6. The van der Waals surface area contributed by atoms with Crippen LogP contribution < -0.4 is 45.3 Å². The van der Waals surface area contributed by atoms with Gasteiger partial charge in [0, 0.05) is 50.9 Å². The minimum Gasteiger partial charge on any atom is -0.428 e. The minimum atomic E-state index is -1.24. The van der Waals surface area contributed by atoms with E-state index in [0.29, 0.717) is 6.42 Å². The van der Waals surface area contributed by atoms with Gasteiger partial charge in [-0.25, -0.2) is 30.2 Å². The molecule has 0 spiro atoms. The van der Waals surface area contributed by atoms with Crippen molar-refractivity contribution in [3.8, 4) is 0 Å². The third kappa shape index (κ3) is 33.9. The zero-order valence-corrected chi connectivity index (χ0v) is 43.1. The van der Waals surface area contributed by atoms with E-state index in [1.807, 2.05) is 20.8 Å². The first-order chi connectivity index (χ1) is 34.4. The number of nitrogens with one attached hydrogen (secondary N) is 2. The van der Waals surface area contributed by atoms with Crippen molar-refractivity contribution in [2.24, 2.45) is 88.9 Å². The fourth-order valence-electron chi connectivity index (χ4n) is 6.84. The number of esters is 4. The van der Waals surface area contributed by atoms with Crippen LogP contribution in [0.2, 0.25) is 0 Å². The van der Waals surface area contributed by atoms with E-state index in [9.17, 15) is 58.6 Å². The maximum Gasteiger partial charge on any atom is 0.312 e. The number of hydrazine groups is 2. The summed E-state index contributed by atoms with van der Waals surface area (Å²) < 4.78 is 20.9. The number of Topliss-reactive ketones (excluding diaryl/α,β-unsaturated/α-hetero) is 4. The summed E-state index contributed by atoms with van der Waals surface area (Å²) in [5.74, 6) is -11.5. The van der Waals surface area contributed by atoms with Crippen LogP contribution in [0, 0.1) is 54.7 Å². The molecule has 0 aliphatic heterocycles. The molecular weight excluding hydrogens is 981 g/mol. The van der Waals surface area contributed by atoms with Gasteiger partial charge < -0.3 is 53.3 Å². The third-order valence-corrected chi connectivity index (χ3v) is 10.4. The van der Waals surface area contributed by atoms with Gasteiger partial charge in [-0.1, -0.05) is 52.4 Å². The van der Waals surface area contributed by atoms with E-state index < -0.39 is 132 Å². The molecule has 0 saturated heterocycles. The standard InChI is InChI=1S/C44H76N14O16/c1-43(2,3)24-30(14-10-18-54-42(50)56-58(69)70)38(66)74-26-73-36(64)28(13-9-17-53-41(49)55-57(67)68)20-32(60)22-31(59)19-27(11-7-15-51-39(45)46)35(63)71-25-72-37(65)29(12-8-16-52-40(47)48)21-33(61)23-34(62)44(4,5)6/h27-30H,7-26H2,1-6H3,(H4,45,46,51)(H4,47,48,52)(H3,49,53,55)(H3,50,54,56). The highest BCUT2D eigenvalue weighted by Gasteiger charge is 2.31. The summed E-state index contributed by atoms with van der Waals surface area (Å²) in [5.41, 5.74) is 34.7. The fraction of sp³-hybridized carbons (Fsp3) is 0.727. The van der Waals surface area contributed by atoms with E-state index in [1.54, 1.807) is 31.6 Å². The SMILES string of the molecule is CC(C)(C)CC(CCCN=C(N)N[N+](=O)[O-])C(=O)OCOC(=O)C(CCCN=C(N)N[N+](=O)[O-])CC(=O)CC(=O)CC(CCCN=C(N)N)C(=O)OCOC(=O)C(CCCN=C(N)N)CC(=O)CC(=O)C(C)(C)C. The molecule has 0 bridgehead atoms. The Balaban J connectivity index is 6.05. The van der Waals surface area contributed by atoms with Crippen molar-refractivity contribution in [1.82, 2.24) is 10.9 Å². The smallest absolute Gasteiger partial charge is 0.312 e. The van der Waals surface area contributed by atoms with Gasteiger partial charge in [0.15, 0.2) is 22.0 Å². The zero-order valence-electron chi connectivity index (χ0n) is 43.1. The number of nitro groups is 2. The van der Waals surface area contributed by atoms with Crippen LogP contribution in [0.1, 0.15) is 131 Å². The number of hydrogen-bond acceptors (Lipinski definition) is 20. The van der Waals surface area contributed by atoms with Gasteiger partial charge >= 0.3 is 23.9 Å².